The Morgan fingerprint density at radius 3 is 2.41 bits per heavy atom. The third kappa shape index (κ3) is 6.90. The zero-order valence-electron chi connectivity index (χ0n) is 20.5. The first-order valence-electron chi connectivity index (χ1n) is 11.6. The smallest absolute Gasteiger partial charge is 0.275 e. The maximum absolute atomic E-state index is 14.4. The van der Waals surface area contributed by atoms with Crippen molar-refractivity contribution in [2.75, 3.05) is 26.1 Å². The van der Waals surface area contributed by atoms with Gasteiger partial charge >= 0.3 is 0 Å². The monoisotopic (exact) mass is 523 g/mol. The molecular formula is C28H27F2N3O3S. The number of amides is 1. The topological polar surface area (TPSA) is 63.7 Å². The molecule has 6 nitrogen and oxygen atoms in total. The molecule has 0 spiro atoms. The molecule has 37 heavy (non-hydrogen) atoms. The highest BCUT2D eigenvalue weighted by Crippen LogP contribution is 2.28. The van der Waals surface area contributed by atoms with Gasteiger partial charge in [-0.2, -0.15) is 0 Å². The second-order valence-electron chi connectivity index (χ2n) is 8.30. The third-order valence-corrected chi connectivity index (χ3v) is 6.62. The fraction of sp³-hybridized carbons (Fsp3) is 0.214. The van der Waals surface area contributed by atoms with Gasteiger partial charge in [0.05, 0.1) is 26.5 Å². The molecule has 3 aromatic carbocycles. The predicted molar refractivity (Wildman–Crippen MR) is 140 cm³/mol. The molecule has 4 aromatic rings. The molecular weight excluding hydrogens is 496 g/mol. The van der Waals surface area contributed by atoms with Crippen LogP contribution in [0.15, 0.2) is 72.1 Å². The molecule has 0 bridgehead atoms. The summed E-state index contributed by atoms with van der Waals surface area (Å²) in [6.45, 7) is 1.40. The third-order valence-electron chi connectivity index (χ3n) is 5.78. The van der Waals surface area contributed by atoms with Gasteiger partial charge < -0.3 is 14.8 Å². The van der Waals surface area contributed by atoms with Gasteiger partial charge in [-0.3, -0.25) is 9.69 Å². The number of carbonyl (C=O) groups is 1. The fourth-order valence-corrected chi connectivity index (χ4v) is 4.65. The molecule has 9 heteroatoms. The largest absolute Gasteiger partial charge is 0.493 e. The number of anilines is 1. The molecule has 0 atom stereocenters. The average molecular weight is 524 g/mol. The second kappa shape index (κ2) is 12.4. The first kappa shape index (κ1) is 26.2. The summed E-state index contributed by atoms with van der Waals surface area (Å²) in [5.74, 6) is 0.0170. The van der Waals surface area contributed by atoms with E-state index in [9.17, 15) is 13.6 Å². The van der Waals surface area contributed by atoms with Gasteiger partial charge in [-0.25, -0.2) is 13.8 Å². The van der Waals surface area contributed by atoms with E-state index in [0.29, 0.717) is 48.1 Å². The maximum Gasteiger partial charge on any atom is 0.275 e. The van der Waals surface area contributed by atoms with E-state index in [2.05, 4.69) is 15.2 Å². The van der Waals surface area contributed by atoms with Crippen LogP contribution in [-0.4, -0.2) is 36.6 Å². The summed E-state index contributed by atoms with van der Waals surface area (Å²) >= 11 is 1.33. The Bertz CT molecular complexity index is 1360. The van der Waals surface area contributed by atoms with E-state index in [1.165, 1.54) is 29.5 Å². The Morgan fingerprint density at radius 1 is 0.946 bits per heavy atom. The maximum atomic E-state index is 14.4. The van der Waals surface area contributed by atoms with Crippen molar-refractivity contribution in [2.45, 2.75) is 19.5 Å². The van der Waals surface area contributed by atoms with E-state index in [0.717, 1.165) is 5.56 Å². The Hall–Kier alpha value is -3.82. The lowest BCUT2D eigenvalue weighted by molar-refractivity contribution is 0.102. The second-order valence-corrected chi connectivity index (χ2v) is 9.24. The number of nitrogens with zero attached hydrogens (tertiary/aromatic N) is 2. The number of thiazole rings is 1. The van der Waals surface area contributed by atoms with Gasteiger partial charge in [0.25, 0.3) is 5.91 Å². The van der Waals surface area contributed by atoms with E-state index >= 15 is 0 Å². The van der Waals surface area contributed by atoms with Crippen molar-refractivity contribution in [3.63, 3.8) is 0 Å². The molecule has 0 fully saturated rings. The minimum absolute atomic E-state index is 0.0955. The SMILES string of the molecule is COc1ccc(CCN(Cc2nc(C(=O)Nc3ccccc3F)cs2)Cc2ccccc2F)cc1OC. The van der Waals surface area contributed by atoms with Crippen molar-refractivity contribution in [3.8, 4) is 11.5 Å². The first-order chi connectivity index (χ1) is 18.0. The molecule has 0 radical (unpaired) electrons. The van der Waals surface area contributed by atoms with Gasteiger partial charge in [-0.1, -0.05) is 36.4 Å². The van der Waals surface area contributed by atoms with Crippen LogP contribution >= 0.6 is 11.3 Å². The van der Waals surface area contributed by atoms with Gasteiger partial charge in [0.15, 0.2) is 11.5 Å². The number of para-hydroxylation sites is 1. The normalized spacial score (nSPS) is 10.9. The molecule has 1 amide bonds. The number of aromatic nitrogens is 1. The predicted octanol–water partition coefficient (Wildman–Crippen LogP) is 5.94. The molecule has 0 aliphatic carbocycles. The van der Waals surface area contributed by atoms with Crippen LogP contribution in [0, 0.1) is 11.6 Å². The quantitative estimate of drug-likeness (QED) is 0.264. The minimum Gasteiger partial charge on any atom is -0.493 e. The molecule has 1 N–H and O–H groups in total. The highest BCUT2D eigenvalue weighted by Gasteiger charge is 2.17. The minimum atomic E-state index is -0.516. The number of hydrogen-bond donors (Lipinski definition) is 1. The van der Waals surface area contributed by atoms with Gasteiger partial charge in [-0.15, -0.1) is 11.3 Å². The van der Waals surface area contributed by atoms with E-state index in [4.69, 9.17) is 9.47 Å². The molecule has 0 aliphatic rings. The Labute approximate surface area is 218 Å². The molecule has 0 saturated carbocycles. The highest BCUT2D eigenvalue weighted by atomic mass is 32.1. The van der Waals surface area contributed by atoms with E-state index in [1.807, 2.05) is 18.2 Å². The molecule has 0 saturated heterocycles. The van der Waals surface area contributed by atoms with Gasteiger partial charge in [0.1, 0.15) is 22.3 Å². The number of halogens is 2. The molecule has 1 aromatic heterocycles. The molecule has 4 rings (SSSR count). The van der Waals surface area contributed by atoms with E-state index < -0.39 is 11.7 Å². The summed E-state index contributed by atoms with van der Waals surface area (Å²) in [5, 5.41) is 4.89. The zero-order valence-corrected chi connectivity index (χ0v) is 21.4. The Morgan fingerprint density at radius 2 is 1.68 bits per heavy atom. The summed E-state index contributed by atoms with van der Waals surface area (Å²) in [6, 6.07) is 18.4. The van der Waals surface area contributed by atoms with Crippen LogP contribution < -0.4 is 14.8 Å². The van der Waals surface area contributed by atoms with Crippen molar-refractivity contribution in [1.82, 2.24) is 9.88 Å². The van der Waals surface area contributed by atoms with Crippen LogP contribution in [0.5, 0.6) is 11.5 Å². The number of nitrogens with one attached hydrogen (secondary N) is 1. The molecule has 1 heterocycles. The summed E-state index contributed by atoms with van der Waals surface area (Å²) < 4.78 is 39.1. The van der Waals surface area contributed by atoms with Crippen LogP contribution in [0.4, 0.5) is 14.5 Å². The number of carbonyl (C=O) groups excluding carboxylic acids is 1. The first-order valence-corrected chi connectivity index (χ1v) is 12.5. The average Bonchev–Trinajstić information content (AvgIpc) is 3.38. The zero-order chi connectivity index (χ0) is 26.2. The Balaban J connectivity index is 1.48. The van der Waals surface area contributed by atoms with E-state index in [1.54, 1.807) is 49.9 Å². The highest BCUT2D eigenvalue weighted by molar-refractivity contribution is 7.09. The number of hydrogen-bond acceptors (Lipinski definition) is 6. The lowest BCUT2D eigenvalue weighted by atomic mass is 10.1. The Kier molecular flexibility index (Phi) is 8.81. The van der Waals surface area contributed by atoms with Crippen molar-refractivity contribution >= 4 is 22.9 Å². The lowest BCUT2D eigenvalue weighted by Gasteiger charge is -2.22. The van der Waals surface area contributed by atoms with Crippen LogP contribution in [0.25, 0.3) is 0 Å². The van der Waals surface area contributed by atoms with Gasteiger partial charge in [-0.05, 0) is 42.3 Å². The molecule has 0 unspecified atom stereocenters. The van der Waals surface area contributed by atoms with Crippen molar-refractivity contribution < 1.29 is 23.0 Å². The number of methoxy groups -OCH3 is 2. The summed E-state index contributed by atoms with van der Waals surface area (Å²) in [5.41, 5.74) is 1.91. The number of benzene rings is 3. The van der Waals surface area contributed by atoms with Gasteiger partial charge in [0.2, 0.25) is 0 Å². The van der Waals surface area contributed by atoms with Crippen LogP contribution in [0.2, 0.25) is 0 Å². The molecule has 192 valence electrons. The van der Waals surface area contributed by atoms with Crippen molar-refractivity contribution in [3.05, 3.63) is 106 Å². The number of rotatable bonds is 11. The summed E-state index contributed by atoms with van der Waals surface area (Å²) in [6.07, 6.45) is 0.681. The van der Waals surface area contributed by atoms with Crippen LogP contribution in [-0.2, 0) is 19.5 Å². The fourth-order valence-electron chi connectivity index (χ4n) is 3.83. The lowest BCUT2D eigenvalue weighted by Crippen LogP contribution is -2.26. The number of ether oxygens (including phenoxy) is 2. The van der Waals surface area contributed by atoms with Crippen molar-refractivity contribution in [2.24, 2.45) is 0 Å². The van der Waals surface area contributed by atoms with Crippen LogP contribution in [0.1, 0.15) is 26.6 Å². The van der Waals surface area contributed by atoms with E-state index in [-0.39, 0.29) is 17.2 Å². The molecule has 0 aliphatic heterocycles. The standard InChI is InChI=1S/C28H27F2N3O3S/c1-35-25-12-11-19(15-26(25)36-2)13-14-33(16-20-7-3-4-8-21(20)29)17-27-31-24(18-37-27)28(34)32-23-10-6-5-9-22(23)30/h3-12,15,18H,13-14,16-17H2,1-2H3,(H,32,34). The summed E-state index contributed by atoms with van der Waals surface area (Å²) in [7, 11) is 3.18. The summed E-state index contributed by atoms with van der Waals surface area (Å²) in [4.78, 5) is 19.1. The van der Waals surface area contributed by atoms with Crippen LogP contribution in [0.3, 0.4) is 0 Å². The van der Waals surface area contributed by atoms with Crippen molar-refractivity contribution in [1.29, 1.82) is 0 Å². The van der Waals surface area contributed by atoms with Gasteiger partial charge in [0, 0.05) is 24.0 Å².